The van der Waals surface area contributed by atoms with Crippen LogP contribution in [-0.4, -0.2) is 90.4 Å². The van der Waals surface area contributed by atoms with Crippen molar-refractivity contribution in [3.63, 3.8) is 0 Å². The number of carboxylic acid groups (broad SMARTS) is 2. The summed E-state index contributed by atoms with van der Waals surface area (Å²) >= 11 is 0. The Morgan fingerprint density at radius 3 is 1.95 bits per heavy atom. The average Bonchev–Trinajstić information content (AvgIpc) is 2.84. The summed E-state index contributed by atoms with van der Waals surface area (Å²) in [4.78, 5) is 95.8. The fourth-order valence-electron chi connectivity index (χ4n) is 3.03. The number of rotatable bonds is 9. The van der Waals surface area contributed by atoms with Crippen LogP contribution in [0.1, 0.15) is 28.9 Å². The van der Waals surface area contributed by atoms with Crippen LogP contribution in [0.25, 0.3) is 11.2 Å². The minimum atomic E-state index is -4.64. The molecular formula is C20H28N8O13P2. The smallest absolute Gasteiger partial charge is 0.466 e. The van der Waals surface area contributed by atoms with Crippen molar-refractivity contribution in [3.8, 4) is 0 Å². The van der Waals surface area contributed by atoms with Crippen LogP contribution in [-0.2, 0) is 25.3 Å². The van der Waals surface area contributed by atoms with Crippen molar-refractivity contribution in [3.05, 3.63) is 41.7 Å². The van der Waals surface area contributed by atoms with E-state index < -0.39 is 39.5 Å². The van der Waals surface area contributed by atoms with Crippen molar-refractivity contribution in [1.82, 2.24) is 25.3 Å². The quantitative estimate of drug-likeness (QED) is 0.116. The summed E-state index contributed by atoms with van der Waals surface area (Å²) < 4.78 is 17.8. The molecule has 0 radical (unpaired) electrons. The summed E-state index contributed by atoms with van der Waals surface area (Å²) in [5.41, 5.74) is 13.7. The number of aliphatic carboxylic acids is 2. The Balaban J connectivity index is 0.000000798. The molecule has 1 aromatic carbocycles. The molecule has 0 aliphatic heterocycles. The number of amides is 1. The van der Waals surface area contributed by atoms with E-state index in [1.54, 1.807) is 18.3 Å². The van der Waals surface area contributed by atoms with Crippen molar-refractivity contribution in [2.24, 2.45) is 0 Å². The first-order chi connectivity index (χ1) is 19.6. The highest BCUT2D eigenvalue weighted by atomic mass is 31.2. The number of nitrogen functional groups attached to an aromatic ring is 2. The van der Waals surface area contributed by atoms with Crippen LogP contribution in [0.15, 0.2) is 30.5 Å². The van der Waals surface area contributed by atoms with Crippen molar-refractivity contribution in [2.45, 2.75) is 25.4 Å². The van der Waals surface area contributed by atoms with E-state index in [0.29, 0.717) is 23.4 Å². The molecule has 43 heavy (non-hydrogen) atoms. The topological polar surface area (TPSA) is 366 Å². The van der Waals surface area contributed by atoms with Crippen LogP contribution in [0.5, 0.6) is 0 Å². The maximum atomic E-state index is 12.4. The van der Waals surface area contributed by atoms with Crippen LogP contribution < -0.4 is 21.7 Å². The van der Waals surface area contributed by atoms with E-state index in [1.807, 2.05) is 11.9 Å². The van der Waals surface area contributed by atoms with Crippen LogP contribution in [0.4, 0.5) is 17.5 Å². The number of carbonyl (C=O) groups excluding carboxylic acids is 1. The summed E-state index contributed by atoms with van der Waals surface area (Å²) in [6, 6.07) is 5.16. The van der Waals surface area contributed by atoms with Crippen LogP contribution in [0, 0.1) is 0 Å². The predicted octanol–water partition coefficient (Wildman–Crippen LogP) is -1.59. The Labute approximate surface area is 241 Å². The van der Waals surface area contributed by atoms with Gasteiger partial charge in [0.1, 0.15) is 6.04 Å². The zero-order valence-corrected chi connectivity index (χ0v) is 23.8. The molecule has 0 aliphatic carbocycles. The second-order valence-electron chi connectivity index (χ2n) is 8.23. The van der Waals surface area contributed by atoms with Gasteiger partial charge in [0, 0.05) is 24.7 Å². The standard InChI is InChI=1S/C20H22N8O5.2H3O4P/c1-28(9-11-8-23-17-15(24-11)16(21)26-20(22)27-17)12-4-2-10(3-5-12)18(31)25-13(19(32)33)6-7-14(29)30;2*1-5(2,3)4/h2-5,8,13H,6-7,9H2,1H3,(H,25,31)(H,29,30)(H,32,33)(H4,21,22,23,26,27);2*(H3,1,2,3,4). The Kier molecular flexibility index (Phi) is 13.5. The minimum Gasteiger partial charge on any atom is -0.481 e. The van der Waals surface area contributed by atoms with Gasteiger partial charge in [-0.3, -0.25) is 9.59 Å². The molecule has 236 valence electrons. The lowest BCUT2D eigenvalue weighted by Gasteiger charge is -2.19. The molecule has 2 aromatic heterocycles. The fraction of sp³-hybridized carbons (Fsp3) is 0.250. The molecule has 13 N–H and O–H groups in total. The van der Waals surface area contributed by atoms with Gasteiger partial charge in [-0.25, -0.2) is 23.9 Å². The molecule has 0 spiro atoms. The van der Waals surface area contributed by atoms with Gasteiger partial charge < -0.3 is 61.3 Å². The summed E-state index contributed by atoms with van der Waals surface area (Å²) in [6.07, 6.45) is 0.964. The second-order valence-corrected chi connectivity index (χ2v) is 10.3. The van der Waals surface area contributed by atoms with Crippen LogP contribution >= 0.6 is 15.6 Å². The lowest BCUT2D eigenvalue weighted by atomic mass is 10.1. The van der Waals surface area contributed by atoms with Gasteiger partial charge in [-0.05, 0) is 30.7 Å². The number of anilines is 3. The Morgan fingerprint density at radius 2 is 1.47 bits per heavy atom. The summed E-state index contributed by atoms with van der Waals surface area (Å²) in [5, 5.41) is 20.2. The summed E-state index contributed by atoms with van der Waals surface area (Å²) in [6.45, 7) is 0.370. The third-order valence-corrected chi connectivity index (χ3v) is 4.72. The third-order valence-electron chi connectivity index (χ3n) is 4.72. The summed E-state index contributed by atoms with van der Waals surface area (Å²) in [7, 11) is -7.46. The maximum absolute atomic E-state index is 12.4. The molecule has 21 nitrogen and oxygen atoms in total. The fourth-order valence-corrected chi connectivity index (χ4v) is 3.03. The van der Waals surface area contributed by atoms with Crippen molar-refractivity contribution < 1.29 is 63.1 Å². The number of benzene rings is 1. The Morgan fingerprint density at radius 1 is 0.930 bits per heavy atom. The number of nitrogens with two attached hydrogens (primary N) is 2. The predicted molar refractivity (Wildman–Crippen MR) is 147 cm³/mol. The van der Waals surface area contributed by atoms with E-state index in [2.05, 4.69) is 25.3 Å². The van der Waals surface area contributed by atoms with E-state index in [-0.39, 0.29) is 30.2 Å². The molecule has 1 unspecified atom stereocenters. The van der Waals surface area contributed by atoms with Gasteiger partial charge in [0.25, 0.3) is 5.91 Å². The molecule has 23 heteroatoms. The largest absolute Gasteiger partial charge is 0.481 e. The zero-order valence-electron chi connectivity index (χ0n) is 22.0. The molecule has 1 atom stereocenters. The molecule has 0 fully saturated rings. The molecule has 3 aromatic rings. The van der Waals surface area contributed by atoms with Crippen molar-refractivity contribution >= 4 is 62.1 Å². The zero-order chi connectivity index (χ0) is 33.1. The molecule has 0 saturated carbocycles. The number of nitrogens with zero attached hydrogens (tertiary/aromatic N) is 5. The molecule has 0 saturated heterocycles. The number of carbonyl (C=O) groups is 3. The highest BCUT2D eigenvalue weighted by Crippen LogP contribution is 2.26. The first kappa shape index (κ1) is 36.7. The highest BCUT2D eigenvalue weighted by molar-refractivity contribution is 7.45. The Bertz CT molecular complexity index is 1490. The SMILES string of the molecule is CN(Cc1cnc2nc(N)nc(N)c2n1)c1ccc(C(=O)NC(CCC(=O)O)C(=O)O)cc1.O=P(O)(O)O.O=P(O)(O)O. The molecular weight excluding hydrogens is 622 g/mol. The molecule has 0 aliphatic rings. The number of aromatic nitrogens is 4. The number of nitrogens with one attached hydrogen (secondary N) is 1. The van der Waals surface area contributed by atoms with E-state index in [1.165, 1.54) is 12.1 Å². The van der Waals surface area contributed by atoms with Crippen LogP contribution in [0.2, 0.25) is 0 Å². The lowest BCUT2D eigenvalue weighted by molar-refractivity contribution is -0.140. The first-order valence-electron chi connectivity index (χ1n) is 11.3. The lowest BCUT2D eigenvalue weighted by Crippen LogP contribution is -2.41. The summed E-state index contributed by atoms with van der Waals surface area (Å²) in [5.74, 6) is -2.91. The monoisotopic (exact) mass is 650 g/mol. The molecule has 2 heterocycles. The van der Waals surface area contributed by atoms with Crippen molar-refractivity contribution in [2.75, 3.05) is 23.4 Å². The molecule has 0 bridgehead atoms. The first-order valence-corrected chi connectivity index (χ1v) is 14.4. The Hall–Kier alpha value is -4.33. The average molecular weight is 650 g/mol. The van der Waals surface area contributed by atoms with E-state index in [9.17, 15) is 19.5 Å². The number of phosphoric acid groups is 2. The number of hydrogen-bond acceptors (Lipinski definition) is 12. The van der Waals surface area contributed by atoms with E-state index in [0.717, 1.165) is 5.69 Å². The van der Waals surface area contributed by atoms with E-state index in [4.69, 9.17) is 55.1 Å². The van der Waals surface area contributed by atoms with Gasteiger partial charge >= 0.3 is 27.6 Å². The van der Waals surface area contributed by atoms with Crippen molar-refractivity contribution in [1.29, 1.82) is 0 Å². The minimum absolute atomic E-state index is 0.0138. The normalized spacial score (nSPS) is 11.7. The number of hydrogen-bond donors (Lipinski definition) is 11. The highest BCUT2D eigenvalue weighted by Gasteiger charge is 2.21. The van der Waals surface area contributed by atoms with Gasteiger partial charge in [0.05, 0.1) is 18.4 Å². The van der Waals surface area contributed by atoms with Gasteiger partial charge in [-0.1, -0.05) is 0 Å². The molecule has 1 amide bonds. The van der Waals surface area contributed by atoms with Gasteiger partial charge in [-0.15, -0.1) is 0 Å². The second kappa shape index (κ2) is 15.8. The third kappa shape index (κ3) is 15.5. The van der Waals surface area contributed by atoms with Gasteiger partial charge in [0.15, 0.2) is 17.0 Å². The van der Waals surface area contributed by atoms with Crippen LogP contribution in [0.3, 0.4) is 0 Å². The number of carboxylic acids is 2. The number of fused-ring (bicyclic) bond motifs is 1. The van der Waals surface area contributed by atoms with Gasteiger partial charge in [-0.2, -0.15) is 9.97 Å². The molecule has 3 rings (SSSR count). The van der Waals surface area contributed by atoms with E-state index >= 15 is 0 Å². The van der Waals surface area contributed by atoms with Gasteiger partial charge in [0.2, 0.25) is 5.95 Å². The maximum Gasteiger partial charge on any atom is 0.466 e.